The first-order chi connectivity index (χ1) is 8.17. The molecule has 100 valence electrons. The van der Waals surface area contributed by atoms with Crippen molar-refractivity contribution in [3.05, 3.63) is 0 Å². The van der Waals surface area contributed by atoms with Gasteiger partial charge in [0.15, 0.2) is 0 Å². The summed E-state index contributed by atoms with van der Waals surface area (Å²) in [6, 6.07) is -0.183. The molecule has 0 aromatic heterocycles. The molecule has 1 aliphatic rings. The van der Waals surface area contributed by atoms with E-state index in [1.54, 1.807) is 0 Å². The fourth-order valence-electron chi connectivity index (χ4n) is 1.97. The molecule has 4 nitrogen and oxygen atoms in total. The van der Waals surface area contributed by atoms with E-state index in [0.717, 1.165) is 25.9 Å². The number of thioether (sulfide) groups is 1. The highest BCUT2D eigenvalue weighted by Crippen LogP contribution is 2.29. The lowest BCUT2D eigenvalue weighted by atomic mass is 10.0. The van der Waals surface area contributed by atoms with Gasteiger partial charge in [-0.1, -0.05) is 13.8 Å². The van der Waals surface area contributed by atoms with Crippen LogP contribution in [0, 0.1) is 0 Å². The highest BCUT2D eigenvalue weighted by Gasteiger charge is 2.27. The van der Waals surface area contributed by atoms with Crippen molar-refractivity contribution in [1.82, 2.24) is 10.6 Å². The molecule has 1 aliphatic heterocycles. The number of morpholine rings is 1. The Bertz CT molecular complexity index is 230. The number of carbonyl (C=O) groups is 1. The van der Waals surface area contributed by atoms with Gasteiger partial charge < -0.3 is 15.4 Å². The van der Waals surface area contributed by atoms with Gasteiger partial charge in [-0.05, 0) is 19.1 Å². The number of rotatable bonds is 6. The van der Waals surface area contributed by atoms with Gasteiger partial charge in [-0.2, -0.15) is 11.8 Å². The zero-order valence-electron chi connectivity index (χ0n) is 11.0. The third-order valence-electron chi connectivity index (χ3n) is 3.54. The molecule has 17 heavy (non-hydrogen) atoms. The van der Waals surface area contributed by atoms with Gasteiger partial charge in [0.1, 0.15) is 6.04 Å². The Balaban J connectivity index is 2.40. The van der Waals surface area contributed by atoms with Crippen molar-refractivity contribution >= 4 is 17.7 Å². The molecule has 1 saturated heterocycles. The first kappa shape index (κ1) is 14.8. The predicted octanol–water partition coefficient (Wildman–Crippen LogP) is 1.01. The average Bonchev–Trinajstić information content (AvgIpc) is 2.41. The molecule has 0 aromatic carbocycles. The van der Waals surface area contributed by atoms with Crippen LogP contribution in [0.5, 0.6) is 0 Å². The Kier molecular flexibility index (Phi) is 6.30. The molecule has 2 N–H and O–H groups in total. The van der Waals surface area contributed by atoms with E-state index in [1.165, 1.54) is 0 Å². The molecule has 1 amide bonds. The van der Waals surface area contributed by atoms with Crippen LogP contribution in [0.2, 0.25) is 0 Å². The van der Waals surface area contributed by atoms with Crippen molar-refractivity contribution in [2.75, 3.05) is 32.6 Å². The number of nitrogens with one attached hydrogen (secondary N) is 2. The SMILES string of the molecule is CCC(CC)(CNC(=O)C1COCCN1)SC. The van der Waals surface area contributed by atoms with Gasteiger partial charge in [0.25, 0.3) is 0 Å². The third-order valence-corrected chi connectivity index (χ3v) is 5.13. The summed E-state index contributed by atoms with van der Waals surface area (Å²) in [4.78, 5) is 11.9. The van der Waals surface area contributed by atoms with Crippen LogP contribution in [0.4, 0.5) is 0 Å². The van der Waals surface area contributed by atoms with Crippen molar-refractivity contribution in [3.63, 3.8) is 0 Å². The fraction of sp³-hybridized carbons (Fsp3) is 0.917. The van der Waals surface area contributed by atoms with Gasteiger partial charge >= 0.3 is 0 Å². The van der Waals surface area contributed by atoms with Gasteiger partial charge in [-0.3, -0.25) is 4.79 Å². The third kappa shape index (κ3) is 4.16. The Morgan fingerprint density at radius 3 is 2.71 bits per heavy atom. The minimum atomic E-state index is -0.183. The van der Waals surface area contributed by atoms with Gasteiger partial charge in [0, 0.05) is 17.8 Å². The molecule has 5 heteroatoms. The van der Waals surface area contributed by atoms with E-state index in [2.05, 4.69) is 30.7 Å². The van der Waals surface area contributed by atoms with Gasteiger partial charge in [-0.25, -0.2) is 0 Å². The van der Waals surface area contributed by atoms with Gasteiger partial charge in [0.2, 0.25) is 5.91 Å². The maximum Gasteiger partial charge on any atom is 0.239 e. The molecule has 1 heterocycles. The van der Waals surface area contributed by atoms with E-state index in [9.17, 15) is 4.79 Å². The summed E-state index contributed by atoms with van der Waals surface area (Å²) in [5.74, 6) is 0.0602. The molecule has 0 aliphatic carbocycles. The van der Waals surface area contributed by atoms with Crippen molar-refractivity contribution in [2.24, 2.45) is 0 Å². The molecule has 1 rings (SSSR count). The predicted molar refractivity (Wildman–Crippen MR) is 72.4 cm³/mol. The standard InChI is InChI=1S/C12H24N2O2S/c1-4-12(5-2,17-3)9-14-11(15)10-8-16-7-6-13-10/h10,13H,4-9H2,1-3H3,(H,14,15). The fourth-order valence-corrected chi connectivity index (χ4v) is 2.76. The number of amides is 1. The second-order valence-electron chi connectivity index (χ2n) is 4.39. The maximum absolute atomic E-state index is 11.9. The van der Waals surface area contributed by atoms with E-state index >= 15 is 0 Å². The lowest BCUT2D eigenvalue weighted by Gasteiger charge is -2.31. The molecule has 1 atom stereocenters. The second-order valence-corrected chi connectivity index (χ2v) is 5.67. The number of hydrogen-bond acceptors (Lipinski definition) is 4. The number of carbonyl (C=O) groups excluding carboxylic acids is 1. The average molecular weight is 260 g/mol. The van der Waals surface area contributed by atoms with Crippen LogP contribution in [0.25, 0.3) is 0 Å². The molecule has 1 unspecified atom stereocenters. The summed E-state index contributed by atoms with van der Waals surface area (Å²) in [5, 5.41) is 6.21. The largest absolute Gasteiger partial charge is 0.378 e. The summed E-state index contributed by atoms with van der Waals surface area (Å²) < 4.78 is 5.46. The molecule has 0 aromatic rings. The van der Waals surface area contributed by atoms with E-state index in [1.807, 2.05) is 11.8 Å². The quantitative estimate of drug-likeness (QED) is 0.748. The van der Waals surface area contributed by atoms with Crippen LogP contribution in [0.1, 0.15) is 26.7 Å². The lowest BCUT2D eigenvalue weighted by molar-refractivity contribution is -0.126. The topological polar surface area (TPSA) is 50.4 Å². The smallest absolute Gasteiger partial charge is 0.239 e. The molecular weight excluding hydrogens is 236 g/mol. The number of hydrogen-bond donors (Lipinski definition) is 2. The highest BCUT2D eigenvalue weighted by molar-refractivity contribution is 8.00. The van der Waals surface area contributed by atoms with Gasteiger partial charge in [0.05, 0.1) is 13.2 Å². The van der Waals surface area contributed by atoms with Crippen LogP contribution in [-0.4, -0.2) is 49.3 Å². The highest BCUT2D eigenvalue weighted by atomic mass is 32.2. The summed E-state index contributed by atoms with van der Waals surface area (Å²) in [6.07, 6.45) is 4.25. The molecule has 0 radical (unpaired) electrons. The van der Waals surface area contributed by atoms with E-state index in [-0.39, 0.29) is 16.7 Å². The van der Waals surface area contributed by atoms with E-state index in [4.69, 9.17) is 4.74 Å². The van der Waals surface area contributed by atoms with Crippen LogP contribution >= 0.6 is 11.8 Å². The zero-order valence-corrected chi connectivity index (χ0v) is 11.9. The Morgan fingerprint density at radius 1 is 1.53 bits per heavy atom. The zero-order chi connectivity index (χ0) is 12.7. The minimum Gasteiger partial charge on any atom is -0.378 e. The Labute approximate surface area is 108 Å². The van der Waals surface area contributed by atoms with Crippen LogP contribution in [0.3, 0.4) is 0 Å². The van der Waals surface area contributed by atoms with Crippen molar-refractivity contribution in [3.8, 4) is 0 Å². The molecule has 1 fully saturated rings. The summed E-state index contributed by atoms with van der Waals surface area (Å²) >= 11 is 1.84. The lowest BCUT2D eigenvalue weighted by Crippen LogP contribution is -2.53. The maximum atomic E-state index is 11.9. The molecule has 0 bridgehead atoms. The minimum absolute atomic E-state index is 0.0602. The van der Waals surface area contributed by atoms with Crippen molar-refractivity contribution in [2.45, 2.75) is 37.5 Å². The van der Waals surface area contributed by atoms with Crippen molar-refractivity contribution < 1.29 is 9.53 Å². The summed E-state index contributed by atoms with van der Waals surface area (Å²) in [7, 11) is 0. The first-order valence-electron chi connectivity index (χ1n) is 6.31. The Morgan fingerprint density at radius 2 is 2.24 bits per heavy atom. The second kappa shape index (κ2) is 7.24. The van der Waals surface area contributed by atoms with Gasteiger partial charge in [-0.15, -0.1) is 0 Å². The van der Waals surface area contributed by atoms with Crippen LogP contribution in [-0.2, 0) is 9.53 Å². The molecular formula is C12H24N2O2S. The monoisotopic (exact) mass is 260 g/mol. The van der Waals surface area contributed by atoms with E-state index < -0.39 is 0 Å². The number of ether oxygens (including phenoxy) is 1. The molecule has 0 saturated carbocycles. The molecule has 0 spiro atoms. The summed E-state index contributed by atoms with van der Waals surface area (Å²) in [5.41, 5.74) is 0. The Hall–Kier alpha value is -0.260. The van der Waals surface area contributed by atoms with Crippen LogP contribution in [0.15, 0.2) is 0 Å². The normalized spacial score (nSPS) is 21.2. The van der Waals surface area contributed by atoms with E-state index in [0.29, 0.717) is 13.2 Å². The van der Waals surface area contributed by atoms with Crippen LogP contribution < -0.4 is 10.6 Å². The first-order valence-corrected chi connectivity index (χ1v) is 7.54. The summed E-state index contributed by atoms with van der Waals surface area (Å²) in [6.45, 7) is 7.02. The van der Waals surface area contributed by atoms with Crippen molar-refractivity contribution in [1.29, 1.82) is 0 Å².